The van der Waals surface area contributed by atoms with Gasteiger partial charge in [-0.15, -0.1) is 0 Å². The number of carbonyl (C=O) groups is 4. The zero-order chi connectivity index (χ0) is 33.8. The maximum absolute atomic E-state index is 14.3. The van der Waals surface area contributed by atoms with Crippen molar-refractivity contribution >= 4 is 41.5 Å². The maximum atomic E-state index is 14.3. The number of rotatable bonds is 8. The molecular formula is C32H38ClN5O8. The van der Waals surface area contributed by atoms with Gasteiger partial charge in [0.1, 0.15) is 0 Å². The number of aromatic nitrogens is 3. The van der Waals surface area contributed by atoms with Gasteiger partial charge in [0.05, 0.1) is 29.9 Å². The van der Waals surface area contributed by atoms with E-state index in [1.165, 1.54) is 33.8 Å². The summed E-state index contributed by atoms with van der Waals surface area (Å²) in [5, 5.41) is 14.5. The van der Waals surface area contributed by atoms with E-state index in [9.17, 15) is 24.3 Å². The van der Waals surface area contributed by atoms with Crippen molar-refractivity contribution in [1.29, 1.82) is 0 Å². The Kier molecular flexibility index (Phi) is 10.6. The summed E-state index contributed by atoms with van der Waals surface area (Å²) < 4.78 is 16.3. The highest BCUT2D eigenvalue weighted by Crippen LogP contribution is 2.39. The fourth-order valence-corrected chi connectivity index (χ4v) is 6.02. The van der Waals surface area contributed by atoms with Crippen LogP contribution in [-0.2, 0) is 21.3 Å². The van der Waals surface area contributed by atoms with Gasteiger partial charge in [0.25, 0.3) is 5.91 Å². The third-order valence-corrected chi connectivity index (χ3v) is 7.92. The Morgan fingerprint density at radius 1 is 1.13 bits per heavy atom. The van der Waals surface area contributed by atoms with Gasteiger partial charge in [0, 0.05) is 37.8 Å². The number of carboxylic acid groups (broad SMARTS) is 1. The Morgan fingerprint density at radius 2 is 1.83 bits per heavy atom. The number of aryl methyl sites for hydroxylation is 1. The number of carbonyl (C=O) groups excluding carboxylic acids is 3. The van der Waals surface area contributed by atoms with Crippen LogP contribution in [0.5, 0.6) is 0 Å². The number of pyridine rings is 1. The fourth-order valence-electron chi connectivity index (χ4n) is 5.80. The third-order valence-electron chi connectivity index (χ3n) is 7.62. The second-order valence-corrected chi connectivity index (χ2v) is 12.3. The lowest BCUT2D eigenvalue weighted by molar-refractivity contribution is -0.0815. The predicted molar refractivity (Wildman–Crippen MR) is 169 cm³/mol. The molecule has 2 aromatic heterocycles. The number of likely N-dealkylation sites (tertiary alicyclic amines) is 1. The molecule has 1 aliphatic rings. The number of amides is 2. The van der Waals surface area contributed by atoms with Gasteiger partial charge in [-0.25, -0.2) is 19.4 Å². The molecule has 3 atom stereocenters. The minimum atomic E-state index is -1.22. The van der Waals surface area contributed by atoms with E-state index in [4.69, 9.17) is 25.8 Å². The van der Waals surface area contributed by atoms with Crippen LogP contribution < -0.4 is 4.90 Å². The highest BCUT2D eigenvalue weighted by molar-refractivity contribution is 6.33. The molecule has 46 heavy (non-hydrogen) atoms. The highest BCUT2D eigenvalue weighted by atomic mass is 35.5. The van der Waals surface area contributed by atoms with Crippen LogP contribution in [0.2, 0.25) is 5.02 Å². The second-order valence-electron chi connectivity index (χ2n) is 11.9. The van der Waals surface area contributed by atoms with E-state index < -0.39 is 47.9 Å². The summed E-state index contributed by atoms with van der Waals surface area (Å²) in [6.45, 7) is 9.31. The van der Waals surface area contributed by atoms with E-state index in [1.54, 1.807) is 50.4 Å². The first-order chi connectivity index (χ1) is 21.7. The lowest BCUT2D eigenvalue weighted by Gasteiger charge is -2.50. The van der Waals surface area contributed by atoms with Crippen LogP contribution in [0.4, 0.5) is 15.4 Å². The Morgan fingerprint density at radius 3 is 2.43 bits per heavy atom. The van der Waals surface area contributed by atoms with Crippen molar-refractivity contribution in [2.75, 3.05) is 18.1 Å². The van der Waals surface area contributed by atoms with Crippen LogP contribution in [0.3, 0.4) is 0 Å². The number of benzene rings is 1. The zero-order valence-corrected chi connectivity index (χ0v) is 27.4. The smallest absolute Gasteiger partial charge is 0.465 e. The molecule has 14 heteroatoms. The van der Waals surface area contributed by atoms with E-state index in [0.29, 0.717) is 36.1 Å². The second kappa shape index (κ2) is 14.2. The minimum absolute atomic E-state index is 0.101. The van der Waals surface area contributed by atoms with Crippen LogP contribution in [0.15, 0.2) is 48.8 Å². The first-order valence-electron chi connectivity index (χ1n) is 14.8. The molecule has 0 aliphatic carbocycles. The number of nitrogens with zero attached hydrogens (tertiary/aromatic N) is 5. The number of hydrogen-bond donors (Lipinski definition) is 1. The van der Waals surface area contributed by atoms with Gasteiger partial charge >= 0.3 is 18.2 Å². The van der Waals surface area contributed by atoms with E-state index >= 15 is 0 Å². The van der Waals surface area contributed by atoms with Gasteiger partial charge in [-0.1, -0.05) is 44.5 Å². The summed E-state index contributed by atoms with van der Waals surface area (Å²) in [7, 11) is 1.57. The molecule has 0 saturated carbocycles. The predicted octanol–water partition coefficient (Wildman–Crippen LogP) is 6.02. The monoisotopic (exact) mass is 655 g/mol. The van der Waals surface area contributed by atoms with Crippen molar-refractivity contribution in [1.82, 2.24) is 19.7 Å². The molecule has 1 N–H and O–H groups in total. The molecule has 1 aromatic carbocycles. The molecular weight excluding hydrogens is 618 g/mol. The van der Waals surface area contributed by atoms with Gasteiger partial charge in [-0.3, -0.25) is 14.4 Å². The molecule has 0 radical (unpaired) electrons. The van der Waals surface area contributed by atoms with Crippen molar-refractivity contribution in [3.05, 3.63) is 65.1 Å². The highest BCUT2D eigenvalue weighted by Gasteiger charge is 2.46. The molecule has 3 aromatic rings. The Balaban J connectivity index is 1.67. The quantitative estimate of drug-likeness (QED) is 0.225. The summed E-state index contributed by atoms with van der Waals surface area (Å²) in [5.74, 6) is -0.952. The summed E-state index contributed by atoms with van der Waals surface area (Å²) in [6, 6.07) is 8.77. The lowest BCUT2D eigenvalue weighted by atomic mass is 9.77. The van der Waals surface area contributed by atoms with Crippen LogP contribution in [0.25, 0.3) is 11.1 Å². The summed E-state index contributed by atoms with van der Waals surface area (Å²) in [5.41, 5.74) is 0.883. The first-order valence-corrected chi connectivity index (χ1v) is 15.2. The van der Waals surface area contributed by atoms with Gasteiger partial charge in [-0.2, -0.15) is 5.10 Å². The molecule has 4 rings (SSSR count). The number of esters is 1. The van der Waals surface area contributed by atoms with Crippen LogP contribution in [-0.4, -0.2) is 80.4 Å². The van der Waals surface area contributed by atoms with Crippen molar-refractivity contribution in [2.24, 2.45) is 12.5 Å². The molecule has 3 heterocycles. The largest absolute Gasteiger partial charge is 0.511 e. The molecule has 1 aliphatic heterocycles. The standard InChI is InChI=1S/C32H38ClN5O8/c1-7-44-31(43)46-19(2)45-29(40)25-22(18-35-36(25)6)20-12-14-21(15-13-20)28(39)38(27-23(33)10-8-16-34-27)24-11-9-17-37(30(41)42)26(24)32(3,4)5/h8,10,12-16,18-19,24,26H,7,9,11,17H2,1-6H3,(H,41,42)/t19?,24-,26?/m1/s1. The molecule has 1 saturated heterocycles. The number of hydrogen-bond acceptors (Lipinski definition) is 9. The molecule has 2 amide bonds. The SMILES string of the molecule is CCOC(=O)OC(C)OC(=O)c1c(-c2ccc(C(=O)N(c3ncccc3Cl)[C@@H]3CCCN(C(=O)O)C3C(C)(C)C)cc2)cnn1C. The molecule has 1 fully saturated rings. The maximum Gasteiger partial charge on any atom is 0.511 e. The Labute approximate surface area is 272 Å². The molecule has 13 nitrogen and oxygen atoms in total. The summed E-state index contributed by atoms with van der Waals surface area (Å²) in [4.78, 5) is 58.7. The van der Waals surface area contributed by atoms with Crippen molar-refractivity contribution in [3.63, 3.8) is 0 Å². The van der Waals surface area contributed by atoms with E-state index in [-0.39, 0.29) is 23.1 Å². The number of piperidine rings is 1. The average Bonchev–Trinajstić information content (AvgIpc) is 3.39. The molecule has 2 unspecified atom stereocenters. The van der Waals surface area contributed by atoms with E-state index in [2.05, 4.69) is 10.1 Å². The van der Waals surface area contributed by atoms with E-state index in [0.717, 1.165) is 0 Å². The third kappa shape index (κ3) is 7.41. The zero-order valence-electron chi connectivity index (χ0n) is 26.6. The van der Waals surface area contributed by atoms with Gasteiger partial charge in [0.2, 0.25) is 6.29 Å². The lowest BCUT2D eigenvalue weighted by Crippen LogP contribution is -2.63. The Bertz CT molecular complexity index is 1590. The van der Waals surface area contributed by atoms with Crippen LogP contribution in [0, 0.1) is 5.41 Å². The number of halogens is 1. The van der Waals surface area contributed by atoms with Crippen LogP contribution in [0.1, 0.15) is 68.3 Å². The Hall–Kier alpha value is -4.65. The molecule has 0 bridgehead atoms. The normalized spacial score (nSPS) is 17.2. The number of ether oxygens (including phenoxy) is 3. The summed E-state index contributed by atoms with van der Waals surface area (Å²) >= 11 is 6.59. The summed E-state index contributed by atoms with van der Waals surface area (Å²) in [6.07, 6.45) is 0.888. The van der Waals surface area contributed by atoms with Crippen molar-refractivity contribution in [3.8, 4) is 11.1 Å². The number of anilines is 1. The average molecular weight is 656 g/mol. The fraction of sp³-hybridized carbons (Fsp3) is 0.438. The first kappa shape index (κ1) is 34.2. The van der Waals surface area contributed by atoms with Crippen molar-refractivity contribution < 1.29 is 38.5 Å². The molecule has 246 valence electrons. The molecule has 0 spiro atoms. The van der Waals surface area contributed by atoms with E-state index in [1.807, 2.05) is 20.8 Å². The topological polar surface area (TPSA) is 153 Å². The van der Waals surface area contributed by atoms with Crippen molar-refractivity contribution in [2.45, 2.75) is 65.8 Å². The van der Waals surface area contributed by atoms with Crippen LogP contribution >= 0.6 is 11.6 Å². The minimum Gasteiger partial charge on any atom is -0.465 e. The van der Waals surface area contributed by atoms with Gasteiger partial charge in [0.15, 0.2) is 11.5 Å². The van der Waals surface area contributed by atoms with Gasteiger partial charge < -0.3 is 24.2 Å². The van der Waals surface area contributed by atoms with Gasteiger partial charge in [-0.05, 0) is 55.0 Å².